The molecule has 2 rings (SSSR count). The average Bonchev–Trinajstić information content (AvgIpc) is 2.71. The Morgan fingerprint density at radius 3 is 2.09 bits per heavy atom. The number of carbonyl (C=O) groups excluding carboxylic acids is 1. The first-order chi connectivity index (χ1) is 16.1. The predicted octanol–water partition coefficient (Wildman–Crippen LogP) is 6.89. The fourth-order valence-corrected chi connectivity index (χ4v) is 4.63. The first-order valence-electron chi connectivity index (χ1n) is 10.7. The third kappa shape index (κ3) is 10.5. The van der Waals surface area contributed by atoms with Crippen LogP contribution in [0.5, 0.6) is 17.2 Å². The minimum Gasteiger partial charge on any atom is -0.468 e. The third-order valence-corrected chi connectivity index (χ3v) is 5.87. The van der Waals surface area contributed by atoms with Crippen molar-refractivity contribution in [1.82, 2.24) is 0 Å². The van der Waals surface area contributed by atoms with Crippen molar-refractivity contribution in [1.29, 1.82) is 0 Å². The summed E-state index contributed by atoms with van der Waals surface area (Å²) in [5.41, 5.74) is -0.642. The second kappa shape index (κ2) is 12.6. The molecule has 0 heterocycles. The van der Waals surface area contributed by atoms with Gasteiger partial charge in [0.15, 0.2) is 12.5 Å². The molecule has 0 radical (unpaired) electrons. The topological polar surface area (TPSA) is 115 Å². The molecule has 2 N–H and O–H groups in total. The molecule has 9 nitrogen and oxygen atoms in total. The highest BCUT2D eigenvalue weighted by Gasteiger charge is 2.30. The lowest BCUT2D eigenvalue weighted by atomic mass is 10.2. The van der Waals surface area contributed by atoms with Gasteiger partial charge in [0.25, 0.3) is 0 Å². The standard InChI is InChI=1S/C23H30Br2NO8P/c1-15(2)12-31-14-32-17-6-8-18(9-7-17)33-21-19(24)10-16(11-20(21)25)26(13-35(28,29)30)22(27)34-23(3,4)5/h6-11,15H,12-14H2,1-5H3,(H2,28,29,30). The van der Waals surface area contributed by atoms with E-state index in [0.717, 1.165) is 4.90 Å². The van der Waals surface area contributed by atoms with Gasteiger partial charge in [-0.15, -0.1) is 0 Å². The van der Waals surface area contributed by atoms with Crippen LogP contribution in [0.3, 0.4) is 0 Å². The number of ether oxygens (including phenoxy) is 4. The van der Waals surface area contributed by atoms with Crippen LogP contribution in [0, 0.1) is 5.92 Å². The number of hydrogen-bond acceptors (Lipinski definition) is 6. The summed E-state index contributed by atoms with van der Waals surface area (Å²) < 4.78 is 34.8. The van der Waals surface area contributed by atoms with Gasteiger partial charge in [-0.2, -0.15) is 0 Å². The van der Waals surface area contributed by atoms with Crippen LogP contribution in [-0.4, -0.2) is 41.2 Å². The SMILES string of the molecule is CC(C)COCOc1ccc(Oc2c(Br)cc(N(CP(=O)(O)O)C(=O)OC(C)(C)C)cc2Br)cc1. The molecule has 0 saturated carbocycles. The molecular weight excluding hydrogens is 609 g/mol. The van der Waals surface area contributed by atoms with Gasteiger partial charge in [-0.3, -0.25) is 9.46 Å². The second-order valence-electron chi connectivity index (χ2n) is 9.05. The molecule has 0 fully saturated rings. The van der Waals surface area contributed by atoms with E-state index in [9.17, 15) is 19.1 Å². The molecular formula is C23H30Br2NO8P. The Morgan fingerprint density at radius 2 is 1.60 bits per heavy atom. The maximum Gasteiger partial charge on any atom is 0.415 e. The van der Waals surface area contributed by atoms with E-state index >= 15 is 0 Å². The number of rotatable bonds is 10. The maximum atomic E-state index is 12.7. The van der Waals surface area contributed by atoms with Gasteiger partial charge < -0.3 is 28.7 Å². The Hall–Kier alpha value is -1.62. The molecule has 0 bridgehead atoms. The molecule has 0 aromatic heterocycles. The number of nitrogens with zero attached hydrogens (tertiary/aromatic N) is 1. The molecule has 194 valence electrons. The number of carbonyl (C=O) groups is 1. The Morgan fingerprint density at radius 1 is 1.06 bits per heavy atom. The lowest BCUT2D eigenvalue weighted by Gasteiger charge is -2.28. The summed E-state index contributed by atoms with van der Waals surface area (Å²) in [5.74, 6) is 1.97. The molecule has 2 aromatic rings. The zero-order chi connectivity index (χ0) is 26.4. The zero-order valence-electron chi connectivity index (χ0n) is 20.2. The molecule has 0 atom stereocenters. The van der Waals surface area contributed by atoms with Crippen molar-refractivity contribution < 1.29 is 38.1 Å². The summed E-state index contributed by atoms with van der Waals surface area (Å²) in [5, 5.41) is 0. The molecule has 2 aromatic carbocycles. The van der Waals surface area contributed by atoms with E-state index in [1.165, 1.54) is 12.1 Å². The lowest BCUT2D eigenvalue weighted by Crippen LogP contribution is -2.37. The first-order valence-corrected chi connectivity index (χ1v) is 14.1. The largest absolute Gasteiger partial charge is 0.468 e. The zero-order valence-corrected chi connectivity index (χ0v) is 24.2. The van der Waals surface area contributed by atoms with Gasteiger partial charge in [0, 0.05) is 0 Å². The lowest BCUT2D eigenvalue weighted by molar-refractivity contribution is 0.00270. The summed E-state index contributed by atoms with van der Waals surface area (Å²) >= 11 is 6.83. The average molecular weight is 639 g/mol. The number of amides is 1. The van der Waals surface area contributed by atoms with Gasteiger partial charge in [-0.1, -0.05) is 13.8 Å². The molecule has 12 heteroatoms. The smallest absolute Gasteiger partial charge is 0.415 e. The van der Waals surface area contributed by atoms with Crippen LogP contribution in [-0.2, 0) is 14.0 Å². The van der Waals surface area contributed by atoms with Crippen LogP contribution in [0.4, 0.5) is 10.5 Å². The van der Waals surface area contributed by atoms with Gasteiger partial charge in [0.1, 0.15) is 23.4 Å². The molecule has 35 heavy (non-hydrogen) atoms. The Labute approximate surface area is 222 Å². The molecule has 0 aliphatic rings. The van der Waals surface area contributed by atoms with E-state index in [1.54, 1.807) is 45.0 Å². The summed E-state index contributed by atoms with van der Waals surface area (Å²) in [7, 11) is -4.58. The number of anilines is 1. The Kier molecular flexibility index (Phi) is 10.6. The summed E-state index contributed by atoms with van der Waals surface area (Å²) in [4.78, 5) is 32.5. The van der Waals surface area contributed by atoms with E-state index in [-0.39, 0.29) is 12.5 Å². The Bertz CT molecular complexity index is 1030. The highest BCUT2D eigenvalue weighted by atomic mass is 79.9. The third-order valence-electron chi connectivity index (χ3n) is 4.04. The van der Waals surface area contributed by atoms with Crippen LogP contribution in [0.25, 0.3) is 0 Å². The van der Waals surface area contributed by atoms with Crippen molar-refractivity contribution in [2.24, 2.45) is 5.92 Å². The van der Waals surface area contributed by atoms with Crippen LogP contribution in [0.1, 0.15) is 34.6 Å². The highest BCUT2D eigenvalue weighted by Crippen LogP contribution is 2.43. The molecule has 0 aliphatic carbocycles. The van der Waals surface area contributed by atoms with Gasteiger partial charge in [0.05, 0.1) is 21.2 Å². The van der Waals surface area contributed by atoms with Gasteiger partial charge in [-0.25, -0.2) is 4.79 Å². The Balaban J connectivity index is 2.20. The van der Waals surface area contributed by atoms with E-state index < -0.39 is 25.6 Å². The van der Waals surface area contributed by atoms with Gasteiger partial charge in [-0.05, 0) is 94.9 Å². The molecule has 1 amide bonds. The molecule has 0 saturated heterocycles. The van der Waals surface area contributed by atoms with Crippen LogP contribution < -0.4 is 14.4 Å². The van der Waals surface area contributed by atoms with E-state index in [0.29, 0.717) is 38.7 Å². The van der Waals surface area contributed by atoms with Gasteiger partial charge in [0.2, 0.25) is 0 Å². The van der Waals surface area contributed by atoms with E-state index in [1.807, 2.05) is 0 Å². The minimum absolute atomic E-state index is 0.152. The van der Waals surface area contributed by atoms with Crippen LogP contribution in [0.2, 0.25) is 0 Å². The molecule has 0 spiro atoms. The molecule has 0 unspecified atom stereocenters. The van der Waals surface area contributed by atoms with Crippen molar-refractivity contribution in [2.45, 2.75) is 40.2 Å². The van der Waals surface area contributed by atoms with E-state index in [2.05, 4.69) is 45.7 Å². The monoisotopic (exact) mass is 637 g/mol. The summed E-state index contributed by atoms with van der Waals surface area (Å²) in [6.45, 7) is 9.87. The van der Waals surface area contributed by atoms with E-state index in [4.69, 9.17) is 18.9 Å². The second-order valence-corrected chi connectivity index (χ2v) is 12.4. The maximum absolute atomic E-state index is 12.7. The number of hydrogen-bond donors (Lipinski definition) is 2. The highest BCUT2D eigenvalue weighted by molar-refractivity contribution is 9.11. The fraction of sp³-hybridized carbons (Fsp3) is 0.435. The quantitative estimate of drug-likeness (QED) is 0.164. The summed E-state index contributed by atoms with van der Waals surface area (Å²) in [6.07, 6.45) is -1.73. The minimum atomic E-state index is -4.58. The normalized spacial score (nSPS) is 11.9. The van der Waals surface area contributed by atoms with Crippen molar-refractivity contribution >= 4 is 51.2 Å². The van der Waals surface area contributed by atoms with Crippen molar-refractivity contribution in [2.75, 3.05) is 24.6 Å². The first kappa shape index (κ1) is 29.6. The van der Waals surface area contributed by atoms with Gasteiger partial charge >= 0.3 is 13.7 Å². The van der Waals surface area contributed by atoms with Crippen molar-refractivity contribution in [3.8, 4) is 17.2 Å². The van der Waals surface area contributed by atoms with Crippen LogP contribution in [0.15, 0.2) is 45.3 Å². The molecule has 0 aliphatic heterocycles. The fourth-order valence-electron chi connectivity index (χ4n) is 2.66. The number of halogens is 2. The predicted molar refractivity (Wildman–Crippen MR) is 140 cm³/mol. The van der Waals surface area contributed by atoms with Crippen molar-refractivity contribution in [3.63, 3.8) is 0 Å². The van der Waals surface area contributed by atoms with Crippen molar-refractivity contribution in [3.05, 3.63) is 45.3 Å². The summed E-state index contributed by atoms with van der Waals surface area (Å²) in [6, 6.07) is 9.98. The number of benzene rings is 2. The van der Waals surface area contributed by atoms with Crippen LogP contribution >= 0.6 is 39.5 Å².